The molecule has 0 amide bonds. The van der Waals surface area contributed by atoms with E-state index in [1.54, 1.807) is 0 Å². The summed E-state index contributed by atoms with van der Waals surface area (Å²) in [7, 11) is 0. The molecule has 0 saturated carbocycles. The highest BCUT2D eigenvalue weighted by atomic mass is 19.4. The van der Waals surface area contributed by atoms with E-state index in [-0.39, 0.29) is 18.5 Å². The lowest BCUT2D eigenvalue weighted by molar-refractivity contribution is -0.169. The summed E-state index contributed by atoms with van der Waals surface area (Å²) in [5.74, 6) is -1.32. The maximum Gasteiger partial charge on any atom is 0.394 e. The second kappa shape index (κ2) is 5.87. The van der Waals surface area contributed by atoms with Crippen molar-refractivity contribution in [2.24, 2.45) is 5.92 Å². The van der Waals surface area contributed by atoms with Crippen molar-refractivity contribution >= 4 is 5.69 Å². The Morgan fingerprint density at radius 3 is 2.24 bits per heavy atom. The summed E-state index contributed by atoms with van der Waals surface area (Å²) in [5.41, 5.74) is 2.10. The second-order valence-electron chi connectivity index (χ2n) is 6.69. The molecule has 1 heterocycles. The van der Waals surface area contributed by atoms with Crippen LogP contribution in [-0.4, -0.2) is 32.4 Å². The number of alkyl halides is 3. The van der Waals surface area contributed by atoms with Crippen molar-refractivity contribution in [2.75, 3.05) is 31.1 Å². The van der Waals surface area contributed by atoms with Crippen LogP contribution in [0.25, 0.3) is 0 Å². The van der Waals surface area contributed by atoms with Crippen molar-refractivity contribution in [3.8, 4) is 0 Å². The van der Waals surface area contributed by atoms with E-state index in [1.807, 2.05) is 29.2 Å². The fourth-order valence-corrected chi connectivity index (χ4v) is 2.54. The van der Waals surface area contributed by atoms with E-state index in [9.17, 15) is 13.2 Å². The van der Waals surface area contributed by atoms with Crippen LogP contribution < -0.4 is 10.2 Å². The molecular weight excluding hydrogens is 277 g/mol. The number of benzene rings is 1. The summed E-state index contributed by atoms with van der Waals surface area (Å²) in [4.78, 5) is 1.82. The molecule has 1 fully saturated rings. The van der Waals surface area contributed by atoms with E-state index in [0.717, 1.165) is 5.69 Å². The minimum atomic E-state index is -4.15. The van der Waals surface area contributed by atoms with Crippen molar-refractivity contribution < 1.29 is 13.2 Å². The zero-order chi connectivity index (χ0) is 15.7. The number of rotatable bonds is 1. The molecule has 0 bridgehead atoms. The Bertz CT molecular complexity index is 460. The van der Waals surface area contributed by atoms with Crippen LogP contribution in [0.4, 0.5) is 18.9 Å². The Hall–Kier alpha value is -1.23. The van der Waals surface area contributed by atoms with Gasteiger partial charge < -0.3 is 10.2 Å². The van der Waals surface area contributed by atoms with E-state index >= 15 is 0 Å². The number of hydrogen-bond acceptors (Lipinski definition) is 2. The molecule has 2 nitrogen and oxygen atoms in total. The topological polar surface area (TPSA) is 15.3 Å². The van der Waals surface area contributed by atoms with Gasteiger partial charge in [0, 0.05) is 31.9 Å². The van der Waals surface area contributed by atoms with Crippen LogP contribution in [0.5, 0.6) is 0 Å². The van der Waals surface area contributed by atoms with Crippen LogP contribution in [0, 0.1) is 5.92 Å². The lowest BCUT2D eigenvalue weighted by Gasteiger charge is -2.28. The monoisotopic (exact) mass is 300 g/mol. The average molecular weight is 300 g/mol. The quantitative estimate of drug-likeness (QED) is 0.853. The molecule has 0 aromatic heterocycles. The van der Waals surface area contributed by atoms with Gasteiger partial charge in [0.1, 0.15) is 0 Å². The van der Waals surface area contributed by atoms with Gasteiger partial charge in [0.05, 0.1) is 5.92 Å². The first kappa shape index (κ1) is 16.1. The lowest BCUT2D eigenvalue weighted by atomic mass is 9.87. The first-order valence-electron chi connectivity index (χ1n) is 7.31. The van der Waals surface area contributed by atoms with Crippen molar-refractivity contribution in [1.29, 1.82) is 0 Å². The molecule has 1 saturated heterocycles. The second-order valence-corrected chi connectivity index (χ2v) is 6.69. The minimum Gasteiger partial charge on any atom is -0.370 e. The minimum absolute atomic E-state index is 0.0000741. The van der Waals surface area contributed by atoms with Gasteiger partial charge in [-0.1, -0.05) is 32.9 Å². The standard InChI is InChI=1S/C16H23F3N2/c1-15(2,3)12-4-6-14(7-5-12)21-9-8-20-10-13(11-21)16(17,18)19/h4-7,13,20H,8-11H2,1-3H3. The largest absolute Gasteiger partial charge is 0.394 e. The van der Waals surface area contributed by atoms with Crippen LogP contribution in [0.15, 0.2) is 24.3 Å². The van der Waals surface area contributed by atoms with Gasteiger partial charge in [-0.05, 0) is 23.1 Å². The van der Waals surface area contributed by atoms with E-state index in [1.165, 1.54) is 5.56 Å². The SMILES string of the molecule is CC(C)(C)c1ccc(N2CCNCC(C(F)(F)F)C2)cc1. The van der Waals surface area contributed by atoms with Gasteiger partial charge in [0.2, 0.25) is 0 Å². The third kappa shape index (κ3) is 4.13. The van der Waals surface area contributed by atoms with Crippen LogP contribution in [-0.2, 0) is 5.41 Å². The van der Waals surface area contributed by atoms with Gasteiger partial charge in [-0.3, -0.25) is 0 Å². The highest BCUT2D eigenvalue weighted by Gasteiger charge is 2.41. The molecule has 1 N–H and O–H groups in total. The average Bonchev–Trinajstić information content (AvgIpc) is 2.63. The molecule has 0 radical (unpaired) electrons. The van der Waals surface area contributed by atoms with Gasteiger partial charge in [0.25, 0.3) is 0 Å². The third-order valence-electron chi connectivity index (χ3n) is 3.95. The molecule has 1 aliphatic rings. The maximum atomic E-state index is 13.0. The van der Waals surface area contributed by atoms with E-state index in [4.69, 9.17) is 0 Å². The number of nitrogens with one attached hydrogen (secondary N) is 1. The summed E-state index contributed by atoms with van der Waals surface area (Å²) < 4.78 is 38.9. The molecule has 0 spiro atoms. The fourth-order valence-electron chi connectivity index (χ4n) is 2.54. The highest BCUT2D eigenvalue weighted by Crippen LogP contribution is 2.30. The maximum absolute atomic E-state index is 13.0. The molecular formula is C16H23F3N2. The van der Waals surface area contributed by atoms with Crippen LogP contribution in [0.2, 0.25) is 0 Å². The Morgan fingerprint density at radius 2 is 1.71 bits per heavy atom. The van der Waals surface area contributed by atoms with Crippen molar-refractivity contribution in [1.82, 2.24) is 5.32 Å². The van der Waals surface area contributed by atoms with E-state index in [2.05, 4.69) is 26.1 Å². The van der Waals surface area contributed by atoms with Crippen LogP contribution >= 0.6 is 0 Å². The Labute approximate surface area is 124 Å². The third-order valence-corrected chi connectivity index (χ3v) is 3.95. The van der Waals surface area contributed by atoms with Gasteiger partial charge >= 0.3 is 6.18 Å². The molecule has 21 heavy (non-hydrogen) atoms. The van der Waals surface area contributed by atoms with Crippen molar-refractivity contribution in [3.05, 3.63) is 29.8 Å². The Balaban J connectivity index is 2.16. The molecule has 1 aromatic carbocycles. The summed E-state index contributed by atoms with van der Waals surface area (Å²) in [6.45, 7) is 7.56. The Kier molecular flexibility index (Phi) is 4.51. The van der Waals surface area contributed by atoms with Crippen LogP contribution in [0.1, 0.15) is 26.3 Å². The van der Waals surface area contributed by atoms with Crippen molar-refractivity contribution in [3.63, 3.8) is 0 Å². The number of nitrogens with zero attached hydrogens (tertiary/aromatic N) is 1. The van der Waals surface area contributed by atoms with Crippen LogP contribution in [0.3, 0.4) is 0 Å². The zero-order valence-electron chi connectivity index (χ0n) is 12.8. The lowest BCUT2D eigenvalue weighted by Crippen LogP contribution is -2.38. The first-order valence-corrected chi connectivity index (χ1v) is 7.31. The zero-order valence-corrected chi connectivity index (χ0v) is 12.8. The van der Waals surface area contributed by atoms with E-state index < -0.39 is 12.1 Å². The predicted octanol–water partition coefficient (Wildman–Crippen LogP) is 3.57. The fraction of sp³-hybridized carbons (Fsp3) is 0.625. The van der Waals surface area contributed by atoms with Gasteiger partial charge in [0.15, 0.2) is 0 Å². The molecule has 118 valence electrons. The van der Waals surface area contributed by atoms with E-state index in [0.29, 0.717) is 13.1 Å². The molecule has 5 heteroatoms. The molecule has 1 atom stereocenters. The smallest absolute Gasteiger partial charge is 0.370 e. The molecule has 1 aromatic rings. The molecule has 0 aliphatic carbocycles. The van der Waals surface area contributed by atoms with Gasteiger partial charge in [-0.2, -0.15) is 13.2 Å². The number of hydrogen-bond donors (Lipinski definition) is 1. The van der Waals surface area contributed by atoms with Gasteiger partial charge in [-0.15, -0.1) is 0 Å². The molecule has 1 aliphatic heterocycles. The predicted molar refractivity (Wildman–Crippen MR) is 79.8 cm³/mol. The first-order chi connectivity index (χ1) is 9.68. The highest BCUT2D eigenvalue weighted by molar-refractivity contribution is 5.49. The summed E-state index contributed by atoms with van der Waals surface area (Å²) in [5, 5.41) is 2.88. The van der Waals surface area contributed by atoms with Gasteiger partial charge in [-0.25, -0.2) is 0 Å². The summed E-state index contributed by atoms with van der Waals surface area (Å²) in [6, 6.07) is 7.88. The normalized spacial score (nSPS) is 21.2. The number of anilines is 1. The summed E-state index contributed by atoms with van der Waals surface area (Å²) >= 11 is 0. The summed E-state index contributed by atoms with van der Waals surface area (Å²) in [6.07, 6.45) is -4.15. The van der Waals surface area contributed by atoms with Crippen molar-refractivity contribution in [2.45, 2.75) is 32.4 Å². The number of halogens is 3. The molecule has 2 rings (SSSR count). The molecule has 1 unspecified atom stereocenters. The Morgan fingerprint density at radius 1 is 1.10 bits per heavy atom.